The van der Waals surface area contributed by atoms with Crippen LogP contribution in [0.1, 0.15) is 11.1 Å². The van der Waals surface area contributed by atoms with Gasteiger partial charge in [-0.1, -0.05) is 23.7 Å². The zero-order valence-corrected chi connectivity index (χ0v) is 21.3. The first kappa shape index (κ1) is 24.4. The Bertz CT molecular complexity index is 1240. The molecule has 0 bridgehead atoms. The molecule has 0 saturated carbocycles. The highest BCUT2D eigenvalue weighted by Crippen LogP contribution is 2.47. The van der Waals surface area contributed by atoms with Gasteiger partial charge in [-0.3, -0.25) is 19.8 Å². The van der Waals surface area contributed by atoms with Crippen LogP contribution < -0.4 is 19.7 Å². The minimum absolute atomic E-state index is 0.118. The summed E-state index contributed by atoms with van der Waals surface area (Å²) in [6.45, 7) is 2.07. The number of barbiturate groups is 1. The van der Waals surface area contributed by atoms with Gasteiger partial charge in [0.25, 0.3) is 0 Å². The summed E-state index contributed by atoms with van der Waals surface area (Å²) in [5, 5.41) is 3.00. The minimum Gasteiger partial charge on any atom is -0.493 e. The van der Waals surface area contributed by atoms with Crippen LogP contribution in [0.2, 0.25) is 5.02 Å². The molecule has 190 valence electrons. The van der Waals surface area contributed by atoms with Crippen LogP contribution in [0.3, 0.4) is 0 Å². The topological polar surface area (TPSA) is 91.4 Å². The number of anilines is 1. The van der Waals surface area contributed by atoms with E-state index in [0.717, 1.165) is 23.4 Å². The van der Waals surface area contributed by atoms with E-state index in [1.54, 1.807) is 26.4 Å². The van der Waals surface area contributed by atoms with E-state index in [9.17, 15) is 14.4 Å². The SMILES string of the molecule is COc1ccc(CCN2C(=O)NC(=O)[C@]3(Cc4c(Cl)cccc4N4CCN(C)C[C@H]43)C2=O)cc1OC. The van der Waals surface area contributed by atoms with Crippen LogP contribution in [0, 0.1) is 5.41 Å². The number of nitrogens with one attached hydrogen (secondary N) is 1. The summed E-state index contributed by atoms with van der Waals surface area (Å²) in [6, 6.07) is 9.99. The van der Waals surface area contributed by atoms with E-state index in [0.29, 0.717) is 36.0 Å². The molecule has 0 aromatic heterocycles. The maximum Gasteiger partial charge on any atom is 0.330 e. The molecule has 1 spiro atoms. The molecule has 3 aliphatic rings. The van der Waals surface area contributed by atoms with E-state index in [1.165, 1.54) is 4.90 Å². The van der Waals surface area contributed by atoms with E-state index < -0.39 is 29.3 Å². The maximum absolute atomic E-state index is 14.2. The van der Waals surface area contributed by atoms with Crippen LogP contribution in [-0.4, -0.2) is 81.1 Å². The lowest BCUT2D eigenvalue weighted by atomic mass is 9.67. The number of ether oxygens (including phenoxy) is 2. The number of benzene rings is 2. The molecule has 5 rings (SSSR count). The molecule has 36 heavy (non-hydrogen) atoms. The average molecular weight is 513 g/mol. The smallest absolute Gasteiger partial charge is 0.330 e. The van der Waals surface area contributed by atoms with Crippen molar-refractivity contribution in [3.8, 4) is 11.5 Å². The second-order valence-electron chi connectivity index (χ2n) is 9.51. The quantitative estimate of drug-likeness (QED) is 0.615. The van der Waals surface area contributed by atoms with E-state index in [-0.39, 0.29) is 13.0 Å². The fourth-order valence-electron chi connectivity index (χ4n) is 5.65. The lowest BCUT2D eigenvalue weighted by Gasteiger charge is -2.55. The zero-order chi connectivity index (χ0) is 25.6. The van der Waals surface area contributed by atoms with Gasteiger partial charge in [0.05, 0.1) is 20.3 Å². The Morgan fingerprint density at radius 2 is 1.86 bits per heavy atom. The van der Waals surface area contributed by atoms with Crippen molar-refractivity contribution in [2.75, 3.05) is 52.3 Å². The van der Waals surface area contributed by atoms with Gasteiger partial charge in [-0.25, -0.2) is 4.79 Å². The number of hydrogen-bond donors (Lipinski definition) is 1. The predicted molar refractivity (Wildman–Crippen MR) is 135 cm³/mol. The van der Waals surface area contributed by atoms with Crippen LogP contribution in [0.15, 0.2) is 36.4 Å². The van der Waals surface area contributed by atoms with E-state index >= 15 is 0 Å². The number of imide groups is 2. The van der Waals surface area contributed by atoms with Gasteiger partial charge in [0, 0.05) is 43.3 Å². The number of carbonyl (C=O) groups excluding carboxylic acids is 3. The number of nitrogens with zero attached hydrogens (tertiary/aromatic N) is 3. The Morgan fingerprint density at radius 3 is 2.61 bits per heavy atom. The molecule has 0 unspecified atom stereocenters. The van der Waals surface area contributed by atoms with Crippen molar-refractivity contribution in [2.45, 2.75) is 18.9 Å². The van der Waals surface area contributed by atoms with Gasteiger partial charge in [-0.05, 0) is 48.9 Å². The van der Waals surface area contributed by atoms with Gasteiger partial charge in [0.1, 0.15) is 0 Å². The Labute approximate surface area is 214 Å². The number of likely N-dealkylation sites (N-methyl/N-ethyl adjacent to an activating group) is 1. The van der Waals surface area contributed by atoms with Gasteiger partial charge < -0.3 is 19.3 Å². The molecule has 2 atom stereocenters. The van der Waals surface area contributed by atoms with E-state index in [2.05, 4.69) is 15.1 Å². The zero-order valence-electron chi connectivity index (χ0n) is 20.5. The molecule has 9 nitrogen and oxygen atoms in total. The van der Waals surface area contributed by atoms with Gasteiger partial charge in [0.15, 0.2) is 16.9 Å². The first-order chi connectivity index (χ1) is 17.3. The predicted octanol–water partition coefficient (Wildman–Crippen LogP) is 2.34. The van der Waals surface area contributed by atoms with Gasteiger partial charge >= 0.3 is 6.03 Å². The maximum atomic E-state index is 14.2. The minimum atomic E-state index is -1.46. The van der Waals surface area contributed by atoms with Crippen molar-refractivity contribution >= 4 is 35.1 Å². The Balaban J connectivity index is 1.50. The third-order valence-electron chi connectivity index (χ3n) is 7.58. The number of rotatable bonds is 5. The number of fused-ring (bicyclic) bond motifs is 4. The van der Waals surface area contributed by atoms with Crippen LogP contribution in [0.4, 0.5) is 10.5 Å². The lowest BCUT2D eigenvalue weighted by Crippen LogP contribution is -2.75. The highest BCUT2D eigenvalue weighted by atomic mass is 35.5. The monoisotopic (exact) mass is 512 g/mol. The third-order valence-corrected chi connectivity index (χ3v) is 7.94. The molecule has 2 fully saturated rings. The lowest BCUT2D eigenvalue weighted by molar-refractivity contribution is -0.154. The highest BCUT2D eigenvalue weighted by molar-refractivity contribution is 6.32. The molecule has 3 heterocycles. The first-order valence-electron chi connectivity index (χ1n) is 11.9. The fraction of sp³-hybridized carbons (Fsp3) is 0.423. The van der Waals surface area contributed by atoms with E-state index in [1.807, 2.05) is 31.3 Å². The summed E-state index contributed by atoms with van der Waals surface area (Å²) in [7, 11) is 5.09. The van der Waals surface area contributed by atoms with Gasteiger partial charge in [0.2, 0.25) is 11.8 Å². The molecule has 10 heteroatoms. The van der Waals surface area contributed by atoms with Crippen molar-refractivity contribution in [3.63, 3.8) is 0 Å². The number of carbonyl (C=O) groups is 3. The third kappa shape index (κ3) is 3.77. The number of piperazine rings is 1. The van der Waals surface area contributed by atoms with Gasteiger partial charge in [-0.2, -0.15) is 0 Å². The summed E-state index contributed by atoms with van der Waals surface area (Å²) in [5.41, 5.74) is 1.12. The van der Waals surface area contributed by atoms with Crippen LogP contribution in [0.5, 0.6) is 11.5 Å². The number of halogens is 1. The molecule has 4 amide bonds. The Morgan fingerprint density at radius 1 is 1.08 bits per heavy atom. The molecular formula is C26H29ClN4O5. The summed E-state index contributed by atoms with van der Waals surface area (Å²) in [6.07, 6.45) is 0.539. The average Bonchev–Trinajstić information content (AvgIpc) is 2.87. The molecule has 0 aliphatic carbocycles. The molecular weight excluding hydrogens is 484 g/mol. The Hall–Kier alpha value is -3.30. The van der Waals surface area contributed by atoms with Crippen LogP contribution in [-0.2, 0) is 22.4 Å². The summed E-state index contributed by atoms with van der Waals surface area (Å²) in [4.78, 5) is 46.0. The van der Waals surface area contributed by atoms with Crippen LogP contribution >= 0.6 is 11.6 Å². The van der Waals surface area contributed by atoms with E-state index in [4.69, 9.17) is 21.1 Å². The van der Waals surface area contributed by atoms with Crippen molar-refractivity contribution < 1.29 is 23.9 Å². The second-order valence-corrected chi connectivity index (χ2v) is 9.92. The largest absolute Gasteiger partial charge is 0.493 e. The Kier molecular flexibility index (Phi) is 6.30. The summed E-state index contributed by atoms with van der Waals surface area (Å²) in [5.74, 6) is 0.121. The molecule has 0 radical (unpaired) electrons. The molecule has 2 aromatic rings. The second kappa shape index (κ2) is 9.29. The number of urea groups is 1. The summed E-state index contributed by atoms with van der Waals surface area (Å²) < 4.78 is 10.7. The first-order valence-corrected chi connectivity index (χ1v) is 12.3. The normalized spacial score (nSPS) is 23.9. The highest BCUT2D eigenvalue weighted by Gasteiger charge is 2.62. The fourth-order valence-corrected chi connectivity index (χ4v) is 5.89. The van der Waals surface area contributed by atoms with Gasteiger partial charge in [-0.15, -0.1) is 0 Å². The summed E-state index contributed by atoms with van der Waals surface area (Å²) >= 11 is 6.58. The standard InChI is InChI=1S/C26H29ClN4O5/c1-29-11-12-30-19-6-4-5-18(27)17(19)14-26(22(30)15-29)23(32)28-25(34)31(24(26)33)10-9-16-7-8-20(35-2)21(13-16)36-3/h4-8,13,22H,9-12,14-15H2,1-3H3,(H,28,32,34)/t22-,26+/m0/s1. The molecule has 2 aromatic carbocycles. The molecule has 1 N–H and O–H groups in total. The molecule has 2 saturated heterocycles. The van der Waals surface area contributed by atoms with Crippen LogP contribution in [0.25, 0.3) is 0 Å². The van der Waals surface area contributed by atoms with Crippen molar-refractivity contribution in [1.82, 2.24) is 15.1 Å². The van der Waals surface area contributed by atoms with Crippen molar-refractivity contribution in [2.24, 2.45) is 5.41 Å². The molecule has 3 aliphatic heterocycles. The number of amides is 4. The van der Waals surface area contributed by atoms with Crippen molar-refractivity contribution in [3.05, 3.63) is 52.5 Å². The van der Waals surface area contributed by atoms with Crippen molar-refractivity contribution in [1.29, 1.82) is 0 Å². The number of methoxy groups -OCH3 is 2. The number of hydrogen-bond acceptors (Lipinski definition) is 7.